The van der Waals surface area contributed by atoms with Crippen molar-refractivity contribution in [3.63, 3.8) is 0 Å². The molecule has 1 atom stereocenters. The number of hydrogen-bond donors (Lipinski definition) is 2. The molecular formula is C16H23N3O. The Balaban J connectivity index is 1.90. The highest BCUT2D eigenvalue weighted by Gasteiger charge is 2.34. The summed E-state index contributed by atoms with van der Waals surface area (Å²) in [4.78, 5) is 13.8. The van der Waals surface area contributed by atoms with E-state index in [0.717, 1.165) is 23.8 Å². The van der Waals surface area contributed by atoms with Gasteiger partial charge in [0.05, 0.1) is 11.4 Å². The van der Waals surface area contributed by atoms with Crippen molar-refractivity contribution >= 4 is 17.3 Å². The summed E-state index contributed by atoms with van der Waals surface area (Å²) in [6.07, 6.45) is 7.82. The zero-order chi connectivity index (χ0) is 14.1. The summed E-state index contributed by atoms with van der Waals surface area (Å²) in [6.45, 7) is 1.04. The monoisotopic (exact) mass is 273 g/mol. The molecule has 0 aromatic heterocycles. The van der Waals surface area contributed by atoms with Crippen LogP contribution in [0.4, 0.5) is 11.4 Å². The van der Waals surface area contributed by atoms with Crippen molar-refractivity contribution < 1.29 is 4.79 Å². The standard InChI is InChI=1S/C16H23N3O/c17-13-8-7-12(16(18)20)10-15(13)19-9-3-6-14(19)11-4-1-2-5-11/h7-8,10-11,14H,1-6,9,17H2,(H2,18,20). The van der Waals surface area contributed by atoms with Crippen molar-refractivity contribution in [2.45, 2.75) is 44.6 Å². The van der Waals surface area contributed by atoms with E-state index >= 15 is 0 Å². The fraction of sp³-hybridized carbons (Fsp3) is 0.562. The fourth-order valence-corrected chi connectivity index (χ4v) is 3.87. The summed E-state index contributed by atoms with van der Waals surface area (Å²) < 4.78 is 0. The highest BCUT2D eigenvalue weighted by molar-refractivity contribution is 5.95. The summed E-state index contributed by atoms with van der Waals surface area (Å²) in [7, 11) is 0. The second-order valence-electron chi connectivity index (χ2n) is 6.09. The van der Waals surface area contributed by atoms with Crippen molar-refractivity contribution in [2.75, 3.05) is 17.2 Å². The van der Waals surface area contributed by atoms with Crippen LogP contribution in [0.1, 0.15) is 48.9 Å². The number of hydrogen-bond acceptors (Lipinski definition) is 3. The third kappa shape index (κ3) is 2.35. The van der Waals surface area contributed by atoms with Gasteiger partial charge in [0, 0.05) is 18.2 Å². The van der Waals surface area contributed by atoms with Crippen LogP contribution in [0.3, 0.4) is 0 Å². The first-order chi connectivity index (χ1) is 9.66. The van der Waals surface area contributed by atoms with E-state index in [1.54, 1.807) is 12.1 Å². The SMILES string of the molecule is NC(=O)c1ccc(N)c(N2CCCC2C2CCCC2)c1. The zero-order valence-electron chi connectivity index (χ0n) is 11.8. The van der Waals surface area contributed by atoms with Crippen LogP contribution >= 0.6 is 0 Å². The molecule has 1 amide bonds. The third-order valence-electron chi connectivity index (χ3n) is 4.87. The molecule has 1 heterocycles. The molecule has 0 spiro atoms. The Morgan fingerprint density at radius 1 is 1.15 bits per heavy atom. The van der Waals surface area contributed by atoms with Crippen molar-refractivity contribution in [3.8, 4) is 0 Å². The Hall–Kier alpha value is -1.71. The van der Waals surface area contributed by atoms with E-state index in [1.165, 1.54) is 38.5 Å². The number of anilines is 2. The molecule has 2 aliphatic rings. The van der Waals surface area contributed by atoms with Gasteiger partial charge in [-0.1, -0.05) is 12.8 Å². The number of rotatable bonds is 3. The molecule has 1 unspecified atom stereocenters. The van der Waals surface area contributed by atoms with E-state index in [9.17, 15) is 4.79 Å². The topological polar surface area (TPSA) is 72.3 Å². The quantitative estimate of drug-likeness (QED) is 0.831. The van der Waals surface area contributed by atoms with E-state index < -0.39 is 0 Å². The second kappa shape index (κ2) is 5.35. The van der Waals surface area contributed by atoms with Crippen LogP contribution in [0.5, 0.6) is 0 Å². The molecule has 1 saturated heterocycles. The number of nitrogens with two attached hydrogens (primary N) is 2. The zero-order valence-corrected chi connectivity index (χ0v) is 11.8. The molecule has 1 saturated carbocycles. The Morgan fingerprint density at radius 3 is 2.60 bits per heavy atom. The number of benzene rings is 1. The van der Waals surface area contributed by atoms with Crippen LogP contribution < -0.4 is 16.4 Å². The third-order valence-corrected chi connectivity index (χ3v) is 4.87. The first-order valence-electron chi connectivity index (χ1n) is 7.63. The maximum Gasteiger partial charge on any atom is 0.248 e. The van der Waals surface area contributed by atoms with E-state index in [2.05, 4.69) is 4.90 Å². The minimum atomic E-state index is -0.386. The number of carbonyl (C=O) groups is 1. The second-order valence-corrected chi connectivity index (χ2v) is 6.09. The molecule has 1 aliphatic carbocycles. The van der Waals surface area contributed by atoms with E-state index in [1.807, 2.05) is 6.07 Å². The van der Waals surface area contributed by atoms with Gasteiger partial charge in [0.25, 0.3) is 0 Å². The van der Waals surface area contributed by atoms with Crippen LogP contribution in [0.15, 0.2) is 18.2 Å². The molecule has 108 valence electrons. The molecule has 20 heavy (non-hydrogen) atoms. The summed E-state index contributed by atoms with van der Waals surface area (Å²) in [5, 5.41) is 0. The molecule has 0 radical (unpaired) electrons. The van der Waals surface area contributed by atoms with Gasteiger partial charge in [-0.05, 0) is 49.8 Å². The molecule has 3 rings (SSSR count). The normalized spacial score (nSPS) is 23.4. The van der Waals surface area contributed by atoms with Gasteiger partial charge in [0.15, 0.2) is 0 Å². The molecule has 2 fully saturated rings. The van der Waals surface area contributed by atoms with Gasteiger partial charge in [0.2, 0.25) is 5.91 Å². The molecule has 4 heteroatoms. The summed E-state index contributed by atoms with van der Waals surface area (Å²) >= 11 is 0. The lowest BCUT2D eigenvalue weighted by Crippen LogP contribution is -2.35. The number of nitrogen functional groups attached to an aromatic ring is 1. The Labute approximate surface area is 120 Å². The van der Waals surface area contributed by atoms with Crippen molar-refractivity contribution in [1.82, 2.24) is 0 Å². The Bertz CT molecular complexity index is 508. The van der Waals surface area contributed by atoms with Crippen LogP contribution in [0.2, 0.25) is 0 Å². The van der Waals surface area contributed by atoms with E-state index in [0.29, 0.717) is 11.6 Å². The summed E-state index contributed by atoms with van der Waals surface area (Å²) in [5.41, 5.74) is 13.8. The number of primary amides is 1. The largest absolute Gasteiger partial charge is 0.397 e. The number of amides is 1. The molecule has 4 nitrogen and oxygen atoms in total. The minimum Gasteiger partial charge on any atom is -0.397 e. The van der Waals surface area contributed by atoms with Crippen molar-refractivity contribution in [2.24, 2.45) is 11.7 Å². The number of nitrogens with zero attached hydrogens (tertiary/aromatic N) is 1. The first-order valence-corrected chi connectivity index (χ1v) is 7.63. The lowest BCUT2D eigenvalue weighted by Gasteiger charge is -2.32. The average molecular weight is 273 g/mol. The predicted molar refractivity (Wildman–Crippen MR) is 81.7 cm³/mol. The first kappa shape index (κ1) is 13.3. The Morgan fingerprint density at radius 2 is 1.90 bits per heavy atom. The summed E-state index contributed by atoms with van der Waals surface area (Å²) in [5.74, 6) is 0.400. The van der Waals surface area contributed by atoms with Crippen LogP contribution in [0, 0.1) is 5.92 Å². The molecular weight excluding hydrogens is 250 g/mol. The maximum absolute atomic E-state index is 11.4. The Kier molecular flexibility index (Phi) is 3.55. The van der Waals surface area contributed by atoms with Gasteiger partial charge in [-0.2, -0.15) is 0 Å². The van der Waals surface area contributed by atoms with Crippen molar-refractivity contribution in [3.05, 3.63) is 23.8 Å². The highest BCUT2D eigenvalue weighted by atomic mass is 16.1. The van der Waals surface area contributed by atoms with Crippen LogP contribution in [0.25, 0.3) is 0 Å². The molecule has 4 N–H and O–H groups in total. The number of carbonyl (C=O) groups excluding carboxylic acids is 1. The smallest absolute Gasteiger partial charge is 0.248 e. The van der Waals surface area contributed by atoms with Crippen molar-refractivity contribution in [1.29, 1.82) is 0 Å². The highest BCUT2D eigenvalue weighted by Crippen LogP contribution is 2.39. The lowest BCUT2D eigenvalue weighted by molar-refractivity contribution is 0.100. The minimum absolute atomic E-state index is 0.386. The molecule has 0 bridgehead atoms. The maximum atomic E-state index is 11.4. The van der Waals surface area contributed by atoms with E-state index in [4.69, 9.17) is 11.5 Å². The summed E-state index contributed by atoms with van der Waals surface area (Å²) in [6, 6.07) is 5.97. The average Bonchev–Trinajstić information content (AvgIpc) is 3.09. The molecule has 1 aromatic carbocycles. The van der Waals surface area contributed by atoms with Crippen LogP contribution in [-0.4, -0.2) is 18.5 Å². The van der Waals surface area contributed by atoms with Gasteiger partial charge in [-0.15, -0.1) is 0 Å². The predicted octanol–water partition coefficient (Wildman–Crippen LogP) is 2.53. The van der Waals surface area contributed by atoms with Gasteiger partial charge >= 0.3 is 0 Å². The lowest BCUT2D eigenvalue weighted by atomic mass is 9.95. The van der Waals surface area contributed by atoms with Gasteiger partial charge < -0.3 is 16.4 Å². The van der Waals surface area contributed by atoms with Gasteiger partial charge in [-0.25, -0.2) is 0 Å². The molecule has 1 aliphatic heterocycles. The van der Waals surface area contributed by atoms with Gasteiger partial charge in [-0.3, -0.25) is 4.79 Å². The van der Waals surface area contributed by atoms with Gasteiger partial charge in [0.1, 0.15) is 0 Å². The van der Waals surface area contributed by atoms with Crippen LogP contribution in [-0.2, 0) is 0 Å². The fourth-order valence-electron chi connectivity index (χ4n) is 3.87. The molecule has 1 aromatic rings. The van der Waals surface area contributed by atoms with E-state index in [-0.39, 0.29) is 5.91 Å².